The van der Waals surface area contributed by atoms with E-state index in [0.717, 1.165) is 0 Å². The van der Waals surface area contributed by atoms with E-state index in [-0.39, 0.29) is 5.56 Å². The third kappa shape index (κ3) is 2.96. The van der Waals surface area contributed by atoms with Gasteiger partial charge >= 0.3 is 0 Å². The molecule has 0 fully saturated rings. The molecule has 0 amide bonds. The maximum absolute atomic E-state index is 11.1. The Kier molecular flexibility index (Phi) is 3.67. The molecule has 1 heterocycles. The lowest BCUT2D eigenvalue weighted by Gasteiger charge is -2.07. The molecule has 0 bridgehead atoms. The Hall–Kier alpha value is -0.630. The number of halogens is 1. The van der Waals surface area contributed by atoms with Gasteiger partial charge in [0.15, 0.2) is 0 Å². The van der Waals surface area contributed by atoms with Crippen LogP contribution in [0.25, 0.3) is 0 Å². The van der Waals surface area contributed by atoms with Crippen molar-refractivity contribution in [1.29, 1.82) is 0 Å². The zero-order valence-corrected chi connectivity index (χ0v) is 9.20. The first kappa shape index (κ1) is 10.5. The molecule has 0 aromatic carbocycles. The summed E-state index contributed by atoms with van der Waals surface area (Å²) in [6.45, 7) is 2.04. The van der Waals surface area contributed by atoms with E-state index in [0.29, 0.717) is 15.9 Å². The first-order chi connectivity index (χ1) is 6.11. The molecule has 0 aliphatic rings. The minimum atomic E-state index is -0.461. The summed E-state index contributed by atoms with van der Waals surface area (Å²) in [5.41, 5.74) is -0.177. The van der Waals surface area contributed by atoms with Crippen molar-refractivity contribution < 1.29 is 5.11 Å². The quantitative estimate of drug-likeness (QED) is 0.695. The van der Waals surface area contributed by atoms with E-state index in [1.165, 1.54) is 6.33 Å². The van der Waals surface area contributed by atoms with Crippen molar-refractivity contribution in [2.24, 2.45) is 0 Å². The monoisotopic (exact) mass is 295 g/mol. The molecular formula is C7H10IN3O2. The first-order valence-electron chi connectivity index (χ1n) is 3.76. The molecule has 3 N–H and O–H groups in total. The molecule has 6 heteroatoms. The van der Waals surface area contributed by atoms with Gasteiger partial charge in [0, 0.05) is 6.54 Å². The van der Waals surface area contributed by atoms with Gasteiger partial charge in [0.25, 0.3) is 5.56 Å². The van der Waals surface area contributed by atoms with Crippen molar-refractivity contribution in [2.75, 3.05) is 11.9 Å². The van der Waals surface area contributed by atoms with Gasteiger partial charge in [0.2, 0.25) is 0 Å². The van der Waals surface area contributed by atoms with Crippen LogP contribution in [0.15, 0.2) is 11.1 Å². The van der Waals surface area contributed by atoms with E-state index in [4.69, 9.17) is 5.11 Å². The van der Waals surface area contributed by atoms with Crippen LogP contribution in [-0.4, -0.2) is 27.7 Å². The average molecular weight is 295 g/mol. The summed E-state index contributed by atoms with van der Waals surface area (Å²) in [6.07, 6.45) is 0.867. The topological polar surface area (TPSA) is 78.0 Å². The van der Waals surface area contributed by atoms with E-state index in [1.54, 1.807) is 6.92 Å². The maximum atomic E-state index is 11.1. The first-order valence-corrected chi connectivity index (χ1v) is 4.84. The molecule has 0 spiro atoms. The molecule has 1 rings (SSSR count). The summed E-state index contributed by atoms with van der Waals surface area (Å²) >= 11 is 1.90. The summed E-state index contributed by atoms with van der Waals surface area (Å²) in [5.74, 6) is 0.505. The summed E-state index contributed by atoms with van der Waals surface area (Å²) in [7, 11) is 0. The van der Waals surface area contributed by atoms with Gasteiger partial charge < -0.3 is 15.4 Å². The average Bonchev–Trinajstić information content (AvgIpc) is 2.07. The summed E-state index contributed by atoms with van der Waals surface area (Å²) in [5, 5.41) is 11.9. The van der Waals surface area contributed by atoms with Crippen LogP contribution < -0.4 is 10.9 Å². The van der Waals surface area contributed by atoms with Gasteiger partial charge in [-0.2, -0.15) is 0 Å². The van der Waals surface area contributed by atoms with Gasteiger partial charge in [0.1, 0.15) is 9.39 Å². The van der Waals surface area contributed by atoms with E-state index < -0.39 is 6.10 Å². The number of aliphatic hydroxyl groups is 1. The Morgan fingerprint density at radius 3 is 3.15 bits per heavy atom. The zero-order valence-electron chi connectivity index (χ0n) is 7.04. The molecule has 1 atom stereocenters. The van der Waals surface area contributed by atoms with Crippen LogP contribution in [0.3, 0.4) is 0 Å². The van der Waals surface area contributed by atoms with Crippen LogP contribution >= 0.6 is 22.6 Å². The standard InChI is InChI=1S/C7H10IN3O2/c1-4(12)2-9-6-5(8)7(13)11-3-10-6/h3-4,12H,2H2,1H3,(H2,9,10,11,13). The highest BCUT2D eigenvalue weighted by Gasteiger charge is 2.04. The van der Waals surface area contributed by atoms with Gasteiger partial charge in [-0.05, 0) is 29.5 Å². The molecule has 72 valence electrons. The normalized spacial score (nSPS) is 12.5. The molecule has 0 aliphatic carbocycles. The van der Waals surface area contributed by atoms with Crippen molar-refractivity contribution in [3.63, 3.8) is 0 Å². The summed E-state index contributed by atoms with van der Waals surface area (Å²) in [6, 6.07) is 0. The van der Waals surface area contributed by atoms with Gasteiger partial charge in [-0.15, -0.1) is 0 Å². The lowest BCUT2D eigenvalue weighted by molar-refractivity contribution is 0.208. The number of aromatic nitrogens is 2. The van der Waals surface area contributed by atoms with E-state index in [1.807, 2.05) is 22.6 Å². The largest absolute Gasteiger partial charge is 0.392 e. The highest BCUT2D eigenvalue weighted by molar-refractivity contribution is 14.1. The Balaban J connectivity index is 2.77. The molecule has 1 unspecified atom stereocenters. The van der Waals surface area contributed by atoms with Gasteiger partial charge in [-0.1, -0.05) is 0 Å². The molecule has 0 saturated carbocycles. The van der Waals surface area contributed by atoms with Gasteiger partial charge in [-0.3, -0.25) is 4.79 Å². The Labute approximate surface area is 88.7 Å². The van der Waals surface area contributed by atoms with Crippen LogP contribution in [0.5, 0.6) is 0 Å². The highest BCUT2D eigenvalue weighted by atomic mass is 127. The zero-order chi connectivity index (χ0) is 9.84. The van der Waals surface area contributed by atoms with E-state index >= 15 is 0 Å². The molecular weight excluding hydrogens is 285 g/mol. The molecule has 0 aliphatic heterocycles. The number of anilines is 1. The van der Waals surface area contributed by atoms with Crippen molar-refractivity contribution >= 4 is 28.4 Å². The predicted molar refractivity (Wildman–Crippen MR) is 57.7 cm³/mol. The van der Waals surface area contributed by atoms with Crippen molar-refractivity contribution in [1.82, 2.24) is 9.97 Å². The molecule has 5 nitrogen and oxygen atoms in total. The van der Waals surface area contributed by atoms with Gasteiger partial charge in [-0.25, -0.2) is 4.98 Å². The number of aromatic amines is 1. The Morgan fingerprint density at radius 2 is 2.54 bits per heavy atom. The van der Waals surface area contributed by atoms with Crippen molar-refractivity contribution in [2.45, 2.75) is 13.0 Å². The molecule has 1 aromatic heterocycles. The lowest BCUT2D eigenvalue weighted by Crippen LogP contribution is -2.20. The summed E-state index contributed by atoms with van der Waals surface area (Å²) < 4.78 is 0.501. The molecule has 13 heavy (non-hydrogen) atoms. The van der Waals surface area contributed by atoms with Crippen LogP contribution in [0.2, 0.25) is 0 Å². The van der Waals surface area contributed by atoms with Crippen LogP contribution in [-0.2, 0) is 0 Å². The third-order valence-electron chi connectivity index (χ3n) is 1.36. The van der Waals surface area contributed by atoms with E-state index in [9.17, 15) is 4.79 Å². The second-order valence-corrected chi connectivity index (χ2v) is 3.70. The maximum Gasteiger partial charge on any atom is 0.266 e. The number of rotatable bonds is 3. The van der Waals surface area contributed by atoms with E-state index in [2.05, 4.69) is 15.3 Å². The van der Waals surface area contributed by atoms with Gasteiger partial charge in [0.05, 0.1) is 12.4 Å². The SMILES string of the molecule is CC(O)CNc1nc[nH]c(=O)c1I. The Morgan fingerprint density at radius 1 is 1.85 bits per heavy atom. The van der Waals surface area contributed by atoms with Crippen LogP contribution in [0.1, 0.15) is 6.92 Å². The minimum absolute atomic E-state index is 0.177. The van der Waals surface area contributed by atoms with Crippen LogP contribution in [0.4, 0.5) is 5.82 Å². The lowest BCUT2D eigenvalue weighted by atomic mass is 10.4. The number of hydrogen-bond acceptors (Lipinski definition) is 4. The molecule has 0 radical (unpaired) electrons. The smallest absolute Gasteiger partial charge is 0.266 e. The highest BCUT2D eigenvalue weighted by Crippen LogP contribution is 2.07. The second-order valence-electron chi connectivity index (χ2n) is 2.62. The second kappa shape index (κ2) is 4.56. The molecule has 0 saturated heterocycles. The molecule has 1 aromatic rings. The number of aliphatic hydroxyl groups excluding tert-OH is 1. The van der Waals surface area contributed by atoms with Crippen molar-refractivity contribution in [3.05, 3.63) is 20.3 Å². The Bertz CT molecular complexity index is 337. The predicted octanol–water partition coefficient (Wildman–Crippen LogP) is 0.167. The summed E-state index contributed by atoms with van der Waals surface area (Å²) in [4.78, 5) is 17.5. The number of nitrogens with zero attached hydrogens (tertiary/aromatic N) is 1. The van der Waals surface area contributed by atoms with Crippen molar-refractivity contribution in [3.8, 4) is 0 Å². The fraction of sp³-hybridized carbons (Fsp3) is 0.429. The fourth-order valence-corrected chi connectivity index (χ4v) is 1.24. The fourth-order valence-electron chi connectivity index (χ4n) is 0.751. The number of hydrogen-bond donors (Lipinski definition) is 3. The van der Waals surface area contributed by atoms with Crippen LogP contribution in [0, 0.1) is 3.57 Å². The third-order valence-corrected chi connectivity index (χ3v) is 2.36. The number of nitrogens with one attached hydrogen (secondary N) is 2. The minimum Gasteiger partial charge on any atom is -0.392 e. The number of H-pyrrole nitrogens is 1.